The molecule has 0 saturated carbocycles. The lowest BCUT2D eigenvalue weighted by molar-refractivity contribution is 0.414. The second-order valence-electron chi connectivity index (χ2n) is 4.98. The molecule has 0 unspecified atom stereocenters. The van der Waals surface area contributed by atoms with Crippen molar-refractivity contribution in [1.29, 1.82) is 0 Å². The number of hydrogen-bond acceptors (Lipinski definition) is 4. The van der Waals surface area contributed by atoms with Gasteiger partial charge in [-0.3, -0.25) is 0 Å². The fraction of sp³-hybridized carbons (Fsp3) is 0.0556. The van der Waals surface area contributed by atoms with Crippen LogP contribution in [0.2, 0.25) is 0 Å². The van der Waals surface area contributed by atoms with Gasteiger partial charge in [-0.2, -0.15) is 0 Å². The summed E-state index contributed by atoms with van der Waals surface area (Å²) >= 11 is 0. The van der Waals surface area contributed by atoms with Crippen LogP contribution in [-0.4, -0.2) is 20.6 Å². The number of terminal acetylenes is 1. The molecule has 6 heteroatoms. The van der Waals surface area contributed by atoms with Gasteiger partial charge in [0.1, 0.15) is 5.69 Å². The van der Waals surface area contributed by atoms with Gasteiger partial charge in [0, 0.05) is 5.56 Å². The number of rotatable bonds is 4. The van der Waals surface area contributed by atoms with Crippen LogP contribution >= 0.6 is 0 Å². The van der Waals surface area contributed by atoms with Crippen molar-refractivity contribution in [2.45, 2.75) is 4.90 Å². The lowest BCUT2D eigenvalue weighted by Crippen LogP contribution is -2.18. The van der Waals surface area contributed by atoms with Crippen molar-refractivity contribution in [2.24, 2.45) is 0 Å². The topological polar surface area (TPSA) is 72.2 Å². The van der Waals surface area contributed by atoms with E-state index in [0.29, 0.717) is 17.0 Å². The first kappa shape index (κ1) is 16.0. The summed E-state index contributed by atoms with van der Waals surface area (Å²) in [5.41, 5.74) is 2.88. The predicted molar refractivity (Wildman–Crippen MR) is 91.6 cm³/mol. The van der Waals surface area contributed by atoms with Crippen LogP contribution in [0.5, 0.6) is 0 Å². The predicted octanol–water partition coefficient (Wildman–Crippen LogP) is 2.90. The summed E-state index contributed by atoms with van der Waals surface area (Å²) in [5, 5.41) is 4.07. The molecule has 3 aromatic rings. The zero-order chi connectivity index (χ0) is 17.2. The number of benzene rings is 2. The molecular weight excluding hydrogens is 324 g/mol. The molecule has 1 heterocycles. The third-order valence-corrected chi connectivity index (χ3v) is 5.02. The maximum absolute atomic E-state index is 11.8. The highest BCUT2D eigenvalue weighted by atomic mass is 32.2. The van der Waals surface area contributed by atoms with Gasteiger partial charge in [0.2, 0.25) is 15.8 Å². The molecule has 0 saturated heterocycles. The van der Waals surface area contributed by atoms with Crippen molar-refractivity contribution in [3.05, 3.63) is 60.4 Å². The minimum absolute atomic E-state index is 0.175. The molecule has 0 radical (unpaired) electrons. The van der Waals surface area contributed by atoms with Gasteiger partial charge in [-0.25, -0.2) is 13.1 Å². The fourth-order valence-corrected chi connectivity index (χ4v) is 3.10. The highest BCUT2D eigenvalue weighted by molar-refractivity contribution is 7.89. The van der Waals surface area contributed by atoms with Crippen LogP contribution in [0.4, 0.5) is 0 Å². The maximum Gasteiger partial charge on any atom is 0.240 e. The highest BCUT2D eigenvalue weighted by Crippen LogP contribution is 2.34. The van der Waals surface area contributed by atoms with Gasteiger partial charge in [0.15, 0.2) is 0 Å². The molecule has 2 aromatic carbocycles. The van der Waals surface area contributed by atoms with Crippen molar-refractivity contribution in [3.63, 3.8) is 0 Å². The summed E-state index contributed by atoms with van der Waals surface area (Å²) in [5.74, 6) is 2.78. The van der Waals surface area contributed by atoms with Gasteiger partial charge in [-0.1, -0.05) is 47.6 Å². The van der Waals surface area contributed by atoms with Crippen LogP contribution in [0.25, 0.3) is 22.4 Å². The van der Waals surface area contributed by atoms with E-state index in [1.807, 2.05) is 30.3 Å². The summed E-state index contributed by atoms with van der Waals surface area (Å²) in [6.45, 7) is 0. The van der Waals surface area contributed by atoms with Gasteiger partial charge in [-0.15, -0.1) is 6.42 Å². The quantitative estimate of drug-likeness (QED) is 0.743. The van der Waals surface area contributed by atoms with E-state index in [1.165, 1.54) is 19.2 Å². The molecule has 0 spiro atoms. The molecule has 0 amide bonds. The molecule has 0 atom stereocenters. The van der Waals surface area contributed by atoms with Crippen LogP contribution < -0.4 is 4.72 Å². The number of aromatic nitrogens is 1. The van der Waals surface area contributed by atoms with E-state index in [0.717, 1.165) is 11.1 Å². The Morgan fingerprint density at radius 3 is 2.29 bits per heavy atom. The molecule has 5 nitrogen and oxygen atoms in total. The summed E-state index contributed by atoms with van der Waals surface area (Å²) < 4.78 is 31.2. The first-order valence-corrected chi connectivity index (χ1v) is 8.61. The zero-order valence-corrected chi connectivity index (χ0v) is 13.7. The Morgan fingerprint density at radius 1 is 1.04 bits per heavy atom. The van der Waals surface area contributed by atoms with E-state index in [1.54, 1.807) is 12.1 Å². The third kappa shape index (κ3) is 2.83. The molecule has 0 bridgehead atoms. The Bertz CT molecular complexity index is 999. The first-order valence-electron chi connectivity index (χ1n) is 7.12. The molecule has 0 aliphatic rings. The van der Waals surface area contributed by atoms with Crippen molar-refractivity contribution in [3.8, 4) is 34.7 Å². The summed E-state index contributed by atoms with van der Waals surface area (Å²) in [6, 6.07) is 15.9. The Labute approximate surface area is 140 Å². The molecule has 24 heavy (non-hydrogen) atoms. The van der Waals surface area contributed by atoms with Crippen molar-refractivity contribution < 1.29 is 12.9 Å². The Kier molecular flexibility index (Phi) is 4.21. The normalized spacial score (nSPS) is 11.2. The molecular formula is C18H14N2O3S. The maximum atomic E-state index is 11.8. The Morgan fingerprint density at radius 2 is 1.71 bits per heavy atom. The molecule has 3 rings (SSSR count). The molecule has 1 aromatic heterocycles. The van der Waals surface area contributed by atoms with E-state index < -0.39 is 10.0 Å². The minimum Gasteiger partial charge on any atom is -0.346 e. The van der Waals surface area contributed by atoms with E-state index in [9.17, 15) is 8.42 Å². The summed E-state index contributed by atoms with van der Waals surface area (Å²) in [6.07, 6.45) is 5.51. The summed E-state index contributed by atoms with van der Waals surface area (Å²) in [7, 11) is -2.12. The second-order valence-corrected chi connectivity index (χ2v) is 6.86. The van der Waals surface area contributed by atoms with Crippen LogP contribution in [0, 0.1) is 12.3 Å². The molecule has 0 aliphatic carbocycles. The largest absolute Gasteiger partial charge is 0.346 e. The van der Waals surface area contributed by atoms with Crippen molar-refractivity contribution in [2.75, 3.05) is 7.05 Å². The van der Waals surface area contributed by atoms with Gasteiger partial charge in [-0.05, 0) is 30.7 Å². The zero-order valence-electron chi connectivity index (χ0n) is 12.9. The van der Waals surface area contributed by atoms with Crippen molar-refractivity contribution in [1.82, 2.24) is 9.88 Å². The van der Waals surface area contributed by atoms with E-state index in [2.05, 4.69) is 15.8 Å². The van der Waals surface area contributed by atoms with Gasteiger partial charge in [0.25, 0.3) is 0 Å². The first-order chi connectivity index (χ1) is 11.6. The lowest BCUT2D eigenvalue weighted by atomic mass is 9.99. The average molecular weight is 338 g/mol. The second kappa shape index (κ2) is 6.32. The van der Waals surface area contributed by atoms with Gasteiger partial charge < -0.3 is 4.52 Å². The molecule has 0 fully saturated rings. The van der Waals surface area contributed by atoms with Crippen LogP contribution in [0.1, 0.15) is 5.76 Å². The number of hydrogen-bond donors (Lipinski definition) is 1. The van der Waals surface area contributed by atoms with Crippen LogP contribution in [0.15, 0.2) is 64.0 Å². The smallest absolute Gasteiger partial charge is 0.240 e. The number of nitrogens with zero attached hydrogens (tertiary/aromatic N) is 1. The standard InChI is InChI=1S/C18H14N2O3S/c1-3-16-17(18(20-23-16)14-7-5-4-6-8-14)13-9-11-15(12-10-13)24(21,22)19-2/h1,4-12,19H,2H3. The highest BCUT2D eigenvalue weighted by Gasteiger charge is 2.19. The molecule has 120 valence electrons. The minimum atomic E-state index is -3.49. The third-order valence-electron chi connectivity index (χ3n) is 3.59. The number of nitrogens with one attached hydrogen (secondary N) is 1. The average Bonchev–Trinajstić information content (AvgIpc) is 3.06. The van der Waals surface area contributed by atoms with Crippen LogP contribution in [0.3, 0.4) is 0 Å². The molecule has 1 N–H and O–H groups in total. The van der Waals surface area contributed by atoms with E-state index >= 15 is 0 Å². The fourth-order valence-electron chi connectivity index (χ4n) is 2.37. The number of sulfonamides is 1. The Balaban J connectivity index is 2.13. The lowest BCUT2D eigenvalue weighted by Gasteiger charge is -2.05. The molecule has 0 aliphatic heterocycles. The van der Waals surface area contributed by atoms with Gasteiger partial charge in [0.05, 0.1) is 10.5 Å². The van der Waals surface area contributed by atoms with E-state index in [-0.39, 0.29) is 4.90 Å². The van der Waals surface area contributed by atoms with Crippen molar-refractivity contribution >= 4 is 10.0 Å². The summed E-state index contributed by atoms with van der Waals surface area (Å²) in [4.78, 5) is 0.175. The van der Waals surface area contributed by atoms with Crippen LogP contribution in [-0.2, 0) is 10.0 Å². The Hall–Kier alpha value is -2.88. The monoisotopic (exact) mass is 338 g/mol. The van der Waals surface area contributed by atoms with E-state index in [4.69, 9.17) is 10.9 Å². The SMILES string of the molecule is C#Cc1onc(-c2ccccc2)c1-c1ccc(S(=O)(=O)NC)cc1. The van der Waals surface area contributed by atoms with Gasteiger partial charge >= 0.3 is 0 Å².